The van der Waals surface area contributed by atoms with Gasteiger partial charge in [-0.05, 0) is 36.2 Å². The summed E-state index contributed by atoms with van der Waals surface area (Å²) in [5.41, 5.74) is 2.28. The maximum absolute atomic E-state index is 13.3. The smallest absolute Gasteiger partial charge is 0.227 e. The van der Waals surface area contributed by atoms with Crippen molar-refractivity contribution in [1.29, 1.82) is 0 Å². The molecule has 152 valence electrons. The third kappa shape index (κ3) is 4.52. The number of benzene rings is 2. The van der Waals surface area contributed by atoms with Gasteiger partial charge in [-0.25, -0.2) is 8.42 Å². The van der Waals surface area contributed by atoms with Crippen LogP contribution in [0.3, 0.4) is 0 Å². The van der Waals surface area contributed by atoms with E-state index >= 15 is 0 Å². The number of hydrogen-bond donors (Lipinski definition) is 0. The second kappa shape index (κ2) is 8.13. The van der Waals surface area contributed by atoms with Gasteiger partial charge in [-0.1, -0.05) is 45.7 Å². The molecule has 0 aliphatic carbocycles. The minimum Gasteiger partial charge on any atom is -0.464 e. The van der Waals surface area contributed by atoms with Crippen LogP contribution in [0.25, 0.3) is 11.0 Å². The number of nitrogens with zero attached hydrogens (tertiary/aromatic N) is 1. The largest absolute Gasteiger partial charge is 0.464 e. The highest BCUT2D eigenvalue weighted by atomic mass is 79.9. The maximum Gasteiger partial charge on any atom is 0.227 e. The van der Waals surface area contributed by atoms with Gasteiger partial charge >= 0.3 is 0 Å². The highest BCUT2D eigenvalue weighted by Gasteiger charge is 2.35. The van der Waals surface area contributed by atoms with Crippen LogP contribution in [0.15, 0.2) is 57.6 Å². The average molecular weight is 497 g/mol. The molecule has 4 rings (SSSR count). The molecule has 0 bridgehead atoms. The minimum absolute atomic E-state index is 0.0130. The minimum atomic E-state index is -3.13. The zero-order valence-electron chi connectivity index (χ0n) is 15.5. The Hall–Kier alpha value is -1.83. The van der Waals surface area contributed by atoms with E-state index in [2.05, 4.69) is 15.9 Å². The standard InChI is InChI=1S/C21H19BrClNO4S/c22-16-5-6-20-18(10-16)15(12-28-20)9-21(25)24(17-7-8-29(26,27)13-17)11-14-3-1-2-4-19(14)23/h1-6,10,12,17H,7-9,11,13H2. The lowest BCUT2D eigenvalue weighted by Crippen LogP contribution is -2.41. The van der Waals surface area contributed by atoms with Crippen LogP contribution < -0.4 is 0 Å². The Kier molecular flexibility index (Phi) is 5.73. The zero-order chi connectivity index (χ0) is 20.6. The molecule has 1 saturated heterocycles. The van der Waals surface area contributed by atoms with Crippen LogP contribution in [0.4, 0.5) is 0 Å². The molecule has 2 aromatic carbocycles. The summed E-state index contributed by atoms with van der Waals surface area (Å²) in [5.74, 6) is -0.0541. The Morgan fingerprint density at radius 1 is 1.21 bits per heavy atom. The molecule has 5 nitrogen and oxygen atoms in total. The van der Waals surface area contributed by atoms with Gasteiger partial charge in [-0.3, -0.25) is 4.79 Å². The fraction of sp³-hybridized carbons (Fsp3) is 0.286. The van der Waals surface area contributed by atoms with Crippen molar-refractivity contribution < 1.29 is 17.6 Å². The molecule has 1 fully saturated rings. The summed E-state index contributed by atoms with van der Waals surface area (Å²) in [6, 6.07) is 12.6. The molecule has 1 aromatic heterocycles. The van der Waals surface area contributed by atoms with Crippen LogP contribution in [0, 0.1) is 0 Å². The molecule has 0 spiro atoms. The molecule has 1 unspecified atom stereocenters. The van der Waals surface area contributed by atoms with E-state index in [1.807, 2.05) is 36.4 Å². The van der Waals surface area contributed by atoms with Crippen molar-refractivity contribution in [2.24, 2.45) is 0 Å². The van der Waals surface area contributed by atoms with Crippen LogP contribution in [-0.4, -0.2) is 36.8 Å². The van der Waals surface area contributed by atoms with Gasteiger partial charge in [0.2, 0.25) is 5.91 Å². The second-order valence-corrected chi connectivity index (χ2v) is 10.8. The van der Waals surface area contributed by atoms with Gasteiger partial charge in [-0.15, -0.1) is 0 Å². The summed E-state index contributed by atoms with van der Waals surface area (Å²) in [6.07, 6.45) is 2.16. The fourth-order valence-corrected chi connectivity index (χ4v) is 5.99. The van der Waals surface area contributed by atoms with E-state index in [1.165, 1.54) is 0 Å². The first-order chi connectivity index (χ1) is 13.8. The zero-order valence-corrected chi connectivity index (χ0v) is 18.6. The highest BCUT2D eigenvalue weighted by Crippen LogP contribution is 2.28. The Bertz CT molecular complexity index is 1170. The van der Waals surface area contributed by atoms with Crippen LogP contribution >= 0.6 is 27.5 Å². The van der Waals surface area contributed by atoms with E-state index in [9.17, 15) is 13.2 Å². The Morgan fingerprint density at radius 3 is 2.72 bits per heavy atom. The van der Waals surface area contributed by atoms with Gasteiger partial charge in [0.1, 0.15) is 5.58 Å². The van der Waals surface area contributed by atoms with Crippen molar-refractivity contribution >= 4 is 54.2 Å². The number of sulfone groups is 1. The number of halogens is 2. The van der Waals surface area contributed by atoms with E-state index in [1.54, 1.807) is 17.2 Å². The summed E-state index contributed by atoms with van der Waals surface area (Å²) in [6.45, 7) is 0.276. The third-order valence-electron chi connectivity index (χ3n) is 5.23. The van der Waals surface area contributed by atoms with Crippen molar-refractivity contribution in [3.05, 3.63) is 69.3 Å². The van der Waals surface area contributed by atoms with Crippen molar-refractivity contribution in [3.8, 4) is 0 Å². The number of carbonyl (C=O) groups is 1. The van der Waals surface area contributed by atoms with Crippen molar-refractivity contribution in [3.63, 3.8) is 0 Å². The molecule has 1 aliphatic rings. The maximum atomic E-state index is 13.3. The van der Waals surface area contributed by atoms with Crippen LogP contribution in [0.2, 0.25) is 5.02 Å². The van der Waals surface area contributed by atoms with Gasteiger partial charge in [0.25, 0.3) is 0 Å². The van der Waals surface area contributed by atoms with E-state index < -0.39 is 9.84 Å². The second-order valence-electron chi connectivity index (χ2n) is 7.25. The van der Waals surface area contributed by atoms with Crippen LogP contribution in [-0.2, 0) is 27.6 Å². The summed E-state index contributed by atoms with van der Waals surface area (Å²) in [5, 5.41) is 1.42. The molecule has 1 amide bonds. The molecule has 0 N–H and O–H groups in total. The SMILES string of the molecule is O=C(Cc1coc2ccc(Br)cc12)N(Cc1ccccc1Cl)C1CCS(=O)(=O)C1. The summed E-state index contributed by atoms with van der Waals surface area (Å²) >= 11 is 9.74. The van der Waals surface area contributed by atoms with E-state index in [0.717, 1.165) is 21.0 Å². The molecule has 29 heavy (non-hydrogen) atoms. The number of fused-ring (bicyclic) bond motifs is 1. The first-order valence-corrected chi connectivity index (χ1v) is 12.2. The molecule has 8 heteroatoms. The van der Waals surface area contributed by atoms with Gasteiger partial charge in [0.05, 0.1) is 24.2 Å². The first-order valence-electron chi connectivity index (χ1n) is 9.21. The lowest BCUT2D eigenvalue weighted by atomic mass is 10.1. The molecule has 1 atom stereocenters. The van der Waals surface area contributed by atoms with E-state index in [4.69, 9.17) is 16.0 Å². The molecule has 2 heterocycles. The third-order valence-corrected chi connectivity index (χ3v) is 7.84. The summed E-state index contributed by atoms with van der Waals surface area (Å²) in [4.78, 5) is 14.9. The molecule has 3 aromatic rings. The van der Waals surface area contributed by atoms with Crippen molar-refractivity contribution in [2.45, 2.75) is 25.4 Å². The number of furan rings is 1. The first kappa shape index (κ1) is 20.4. The summed E-state index contributed by atoms with van der Waals surface area (Å²) in [7, 11) is -3.13. The Morgan fingerprint density at radius 2 is 2.00 bits per heavy atom. The van der Waals surface area contributed by atoms with Gasteiger partial charge in [0, 0.05) is 33.0 Å². The molecule has 0 radical (unpaired) electrons. The number of rotatable bonds is 5. The van der Waals surface area contributed by atoms with Crippen LogP contribution in [0.5, 0.6) is 0 Å². The molecular formula is C21H19BrClNO4S. The van der Waals surface area contributed by atoms with Crippen molar-refractivity contribution in [2.75, 3.05) is 11.5 Å². The van der Waals surface area contributed by atoms with E-state index in [0.29, 0.717) is 17.0 Å². The average Bonchev–Trinajstić information content (AvgIpc) is 3.23. The fourth-order valence-electron chi connectivity index (χ4n) is 3.71. The summed E-state index contributed by atoms with van der Waals surface area (Å²) < 4.78 is 30.5. The predicted octanol–water partition coefficient (Wildman–Crippen LogP) is 4.61. The lowest BCUT2D eigenvalue weighted by Gasteiger charge is -2.29. The molecule has 1 aliphatic heterocycles. The Labute approximate surface area is 182 Å². The highest BCUT2D eigenvalue weighted by molar-refractivity contribution is 9.10. The van der Waals surface area contributed by atoms with Crippen LogP contribution in [0.1, 0.15) is 17.5 Å². The number of carbonyl (C=O) groups excluding carboxylic acids is 1. The van der Waals surface area contributed by atoms with Gasteiger partial charge in [-0.2, -0.15) is 0 Å². The normalized spacial score (nSPS) is 18.2. The van der Waals surface area contributed by atoms with Gasteiger partial charge < -0.3 is 9.32 Å². The number of amides is 1. The monoisotopic (exact) mass is 495 g/mol. The quantitative estimate of drug-likeness (QED) is 0.517. The van der Waals surface area contributed by atoms with Gasteiger partial charge in [0.15, 0.2) is 9.84 Å². The molecule has 0 saturated carbocycles. The van der Waals surface area contributed by atoms with Crippen molar-refractivity contribution in [1.82, 2.24) is 4.90 Å². The van der Waals surface area contributed by atoms with E-state index in [-0.39, 0.29) is 36.4 Å². The molecular weight excluding hydrogens is 478 g/mol. The predicted molar refractivity (Wildman–Crippen MR) is 117 cm³/mol. The Balaban J connectivity index is 1.63. The topological polar surface area (TPSA) is 67.6 Å². The number of hydrogen-bond acceptors (Lipinski definition) is 4. The lowest BCUT2D eigenvalue weighted by molar-refractivity contribution is -0.133.